The van der Waals surface area contributed by atoms with Gasteiger partial charge in [-0.15, -0.1) is 0 Å². The molecule has 4 heterocycles. The normalized spacial score (nSPS) is 27.6. The SMILES string of the molecule is CCC1CN2CCC1CC2C(OC(=O)C(c1ccccc1)C1CCCCC1)c1ccnc2ccccc12. The van der Waals surface area contributed by atoms with E-state index in [1.165, 1.54) is 32.1 Å². The lowest BCUT2D eigenvalue weighted by molar-refractivity contribution is -0.161. The van der Waals surface area contributed by atoms with Gasteiger partial charge in [0.05, 0.1) is 17.5 Å². The molecule has 4 aliphatic rings. The van der Waals surface area contributed by atoms with Crippen molar-refractivity contribution in [2.24, 2.45) is 17.8 Å². The molecule has 0 spiro atoms. The summed E-state index contributed by atoms with van der Waals surface area (Å²) in [4.78, 5) is 21.5. The quantitative estimate of drug-likeness (QED) is 0.322. The Labute approximate surface area is 221 Å². The van der Waals surface area contributed by atoms with Crippen molar-refractivity contribution < 1.29 is 9.53 Å². The van der Waals surface area contributed by atoms with E-state index in [9.17, 15) is 4.79 Å². The van der Waals surface area contributed by atoms with Crippen molar-refractivity contribution in [1.29, 1.82) is 0 Å². The van der Waals surface area contributed by atoms with E-state index in [4.69, 9.17) is 4.74 Å². The highest BCUT2D eigenvalue weighted by Crippen LogP contribution is 2.45. The first kappa shape index (κ1) is 24.6. The third-order valence-electron chi connectivity index (χ3n) is 9.58. The number of rotatable bonds is 7. The van der Waals surface area contributed by atoms with Crippen molar-refractivity contribution in [2.45, 2.75) is 76.4 Å². The van der Waals surface area contributed by atoms with Crippen LogP contribution in [0.15, 0.2) is 66.9 Å². The minimum Gasteiger partial charge on any atom is -0.455 e. The van der Waals surface area contributed by atoms with Gasteiger partial charge in [-0.05, 0) is 67.7 Å². The minimum absolute atomic E-state index is 0.0429. The number of esters is 1. The molecule has 37 heavy (non-hydrogen) atoms. The van der Waals surface area contributed by atoms with Crippen molar-refractivity contribution in [3.63, 3.8) is 0 Å². The van der Waals surface area contributed by atoms with Crippen LogP contribution >= 0.6 is 0 Å². The van der Waals surface area contributed by atoms with Gasteiger partial charge in [0.25, 0.3) is 0 Å². The van der Waals surface area contributed by atoms with Crippen LogP contribution in [0.2, 0.25) is 0 Å². The number of hydrogen-bond acceptors (Lipinski definition) is 4. The van der Waals surface area contributed by atoms with Crippen molar-refractivity contribution in [2.75, 3.05) is 13.1 Å². The van der Waals surface area contributed by atoms with E-state index >= 15 is 0 Å². The van der Waals surface area contributed by atoms with Crippen LogP contribution in [-0.2, 0) is 9.53 Å². The predicted octanol–water partition coefficient (Wildman–Crippen LogP) is 7.30. The fourth-order valence-corrected chi connectivity index (χ4v) is 7.60. The molecule has 6 unspecified atom stereocenters. The molecule has 194 valence electrons. The van der Waals surface area contributed by atoms with E-state index in [0.29, 0.717) is 5.92 Å². The minimum atomic E-state index is -0.282. The highest BCUT2D eigenvalue weighted by Gasteiger charge is 2.45. The molecule has 4 nitrogen and oxygen atoms in total. The van der Waals surface area contributed by atoms with Crippen LogP contribution in [0, 0.1) is 17.8 Å². The number of aromatic nitrogens is 1. The van der Waals surface area contributed by atoms with Crippen LogP contribution in [0.4, 0.5) is 0 Å². The summed E-state index contributed by atoms with van der Waals surface area (Å²) in [6.45, 7) is 4.55. The van der Waals surface area contributed by atoms with Gasteiger partial charge in [0.1, 0.15) is 6.10 Å². The zero-order chi connectivity index (χ0) is 25.2. The zero-order valence-corrected chi connectivity index (χ0v) is 22.1. The van der Waals surface area contributed by atoms with Gasteiger partial charge in [0.15, 0.2) is 0 Å². The van der Waals surface area contributed by atoms with Gasteiger partial charge in [-0.25, -0.2) is 0 Å². The zero-order valence-electron chi connectivity index (χ0n) is 22.1. The third-order valence-corrected chi connectivity index (χ3v) is 9.58. The molecular weight excluding hydrogens is 456 g/mol. The van der Waals surface area contributed by atoms with E-state index in [-0.39, 0.29) is 24.0 Å². The summed E-state index contributed by atoms with van der Waals surface area (Å²) in [5.74, 6) is 1.59. The smallest absolute Gasteiger partial charge is 0.314 e. The number of fused-ring (bicyclic) bond motifs is 4. The monoisotopic (exact) mass is 496 g/mol. The molecule has 0 amide bonds. The molecule has 4 heteroatoms. The molecule has 6 atom stereocenters. The molecule has 3 aromatic rings. The first-order valence-electron chi connectivity index (χ1n) is 14.6. The number of pyridine rings is 1. The number of carbonyl (C=O) groups excluding carboxylic acids is 1. The maximum Gasteiger partial charge on any atom is 0.314 e. The summed E-state index contributed by atoms with van der Waals surface area (Å²) < 4.78 is 6.77. The fourth-order valence-electron chi connectivity index (χ4n) is 7.60. The molecule has 2 aromatic carbocycles. The molecule has 4 fully saturated rings. The molecule has 3 aliphatic heterocycles. The fraction of sp³-hybridized carbons (Fsp3) is 0.515. The van der Waals surface area contributed by atoms with Gasteiger partial charge in [0, 0.05) is 23.7 Å². The number of para-hydroxylation sites is 1. The average molecular weight is 497 g/mol. The van der Waals surface area contributed by atoms with Crippen LogP contribution in [0.25, 0.3) is 10.9 Å². The molecule has 1 saturated carbocycles. The van der Waals surface area contributed by atoms with Crippen molar-refractivity contribution in [3.8, 4) is 0 Å². The maximum atomic E-state index is 14.3. The van der Waals surface area contributed by atoms with Gasteiger partial charge in [-0.1, -0.05) is 81.1 Å². The summed E-state index contributed by atoms with van der Waals surface area (Å²) >= 11 is 0. The largest absolute Gasteiger partial charge is 0.455 e. The van der Waals surface area contributed by atoms with Gasteiger partial charge in [-0.3, -0.25) is 14.7 Å². The number of nitrogens with zero attached hydrogens (tertiary/aromatic N) is 2. The highest BCUT2D eigenvalue weighted by molar-refractivity contribution is 5.83. The van der Waals surface area contributed by atoms with E-state index in [1.54, 1.807) is 0 Å². The first-order chi connectivity index (χ1) is 18.2. The maximum absolute atomic E-state index is 14.3. The topological polar surface area (TPSA) is 42.4 Å². The lowest BCUT2D eigenvalue weighted by atomic mass is 9.72. The Morgan fingerprint density at radius 1 is 1.00 bits per heavy atom. The first-order valence-corrected chi connectivity index (χ1v) is 14.6. The summed E-state index contributed by atoms with van der Waals surface area (Å²) in [7, 11) is 0. The molecular formula is C33H40N2O2. The number of benzene rings is 2. The van der Waals surface area contributed by atoms with Gasteiger partial charge in [0.2, 0.25) is 0 Å². The molecule has 2 bridgehead atoms. The molecule has 1 aromatic heterocycles. The predicted molar refractivity (Wildman–Crippen MR) is 148 cm³/mol. The van der Waals surface area contributed by atoms with Crippen LogP contribution in [0.3, 0.4) is 0 Å². The third kappa shape index (κ3) is 4.93. The Kier molecular flexibility index (Phi) is 7.28. The van der Waals surface area contributed by atoms with Crippen LogP contribution in [0.1, 0.15) is 81.4 Å². The number of piperidine rings is 3. The summed E-state index contributed by atoms with van der Waals surface area (Å²) in [5.41, 5.74) is 3.18. The standard InChI is InChI=1S/C33H40N2O2/c1-2-23-22-35-20-18-26(23)21-30(35)32(28-17-19-34-29-16-10-9-15-27(28)29)37-33(36)31(24-11-5-3-6-12-24)25-13-7-4-8-14-25/h3,5-6,9-12,15-17,19,23,25-26,30-32H,2,4,7-8,13-14,18,20-22H2,1H3. The molecule has 1 aliphatic carbocycles. The van der Waals surface area contributed by atoms with E-state index in [2.05, 4.69) is 65.3 Å². The lowest BCUT2D eigenvalue weighted by Crippen LogP contribution is -2.55. The van der Waals surface area contributed by atoms with Crippen molar-refractivity contribution in [3.05, 3.63) is 78.0 Å². The molecule has 7 rings (SSSR count). The number of hydrogen-bond donors (Lipinski definition) is 0. The Hall–Kier alpha value is -2.72. The van der Waals surface area contributed by atoms with Gasteiger partial charge in [-0.2, -0.15) is 0 Å². The highest BCUT2D eigenvalue weighted by atomic mass is 16.5. The molecule has 0 radical (unpaired) electrons. The Balaban J connectivity index is 1.37. The van der Waals surface area contributed by atoms with Crippen LogP contribution in [0.5, 0.6) is 0 Å². The molecule has 0 N–H and O–H groups in total. The second-order valence-corrected chi connectivity index (χ2v) is 11.6. The summed E-state index contributed by atoms with van der Waals surface area (Å²) in [5, 5.41) is 1.10. The van der Waals surface area contributed by atoms with Gasteiger partial charge >= 0.3 is 5.97 Å². The molecule has 3 saturated heterocycles. The van der Waals surface area contributed by atoms with Crippen molar-refractivity contribution >= 4 is 16.9 Å². The summed E-state index contributed by atoms with van der Waals surface area (Å²) in [6.07, 6.45) is 11.1. The second-order valence-electron chi connectivity index (χ2n) is 11.6. The van der Waals surface area contributed by atoms with Crippen LogP contribution in [-0.4, -0.2) is 35.0 Å². The Morgan fingerprint density at radius 2 is 1.78 bits per heavy atom. The van der Waals surface area contributed by atoms with E-state index < -0.39 is 0 Å². The van der Waals surface area contributed by atoms with Gasteiger partial charge < -0.3 is 4.74 Å². The average Bonchev–Trinajstić information content (AvgIpc) is 2.97. The number of ether oxygens (including phenoxy) is 1. The van der Waals surface area contributed by atoms with E-state index in [0.717, 1.165) is 66.2 Å². The Bertz CT molecular complexity index is 1200. The Morgan fingerprint density at radius 3 is 2.54 bits per heavy atom. The summed E-state index contributed by atoms with van der Waals surface area (Å²) in [6, 6.07) is 21.0. The number of carbonyl (C=O) groups is 1. The van der Waals surface area contributed by atoms with Crippen LogP contribution < -0.4 is 0 Å². The van der Waals surface area contributed by atoms with Crippen molar-refractivity contribution in [1.82, 2.24) is 9.88 Å². The van der Waals surface area contributed by atoms with E-state index in [1.807, 2.05) is 18.3 Å². The second kappa shape index (κ2) is 10.9. The lowest BCUT2D eigenvalue weighted by Gasteiger charge is -2.52.